The van der Waals surface area contributed by atoms with E-state index in [0.29, 0.717) is 0 Å². The van der Waals surface area contributed by atoms with Gasteiger partial charge in [-0.25, -0.2) is 8.78 Å². The largest absolute Gasteiger partial charge is 0.344 e. The Hall–Kier alpha value is -0.270. The highest BCUT2D eigenvalue weighted by molar-refractivity contribution is 7.86. The molecule has 58 valence electrons. The van der Waals surface area contributed by atoms with Gasteiger partial charge in [0.2, 0.25) is 0 Å². The van der Waals surface area contributed by atoms with Crippen LogP contribution in [0, 0.1) is 0 Å². The fourth-order valence-corrected chi connectivity index (χ4v) is 0.239. The predicted molar refractivity (Wildman–Crippen MR) is 27.4 cm³/mol. The Morgan fingerprint density at radius 2 is 1.89 bits per heavy atom. The summed E-state index contributed by atoms with van der Waals surface area (Å²) in [6.45, 7) is -1.71. The Morgan fingerprint density at radius 1 is 1.56 bits per heavy atom. The van der Waals surface area contributed by atoms with E-state index >= 15 is 0 Å². The van der Waals surface area contributed by atoms with E-state index in [9.17, 15) is 17.2 Å². The van der Waals surface area contributed by atoms with Gasteiger partial charge in [-0.05, 0) is 0 Å². The Morgan fingerprint density at radius 3 is 1.89 bits per heavy atom. The van der Waals surface area contributed by atoms with Crippen LogP contribution in [0.15, 0.2) is 0 Å². The lowest BCUT2D eigenvalue weighted by Crippen LogP contribution is -2.16. The number of hydrogen-bond donors (Lipinski definition) is 2. The second-order valence-corrected chi connectivity index (χ2v) is 2.62. The summed E-state index contributed by atoms with van der Waals surface area (Å²) in [5.41, 5.74) is -2.79. The fraction of sp³-hybridized carbons (Fsp3) is 1.00. The second kappa shape index (κ2) is 3.70. The molecule has 0 aliphatic carbocycles. The van der Waals surface area contributed by atoms with E-state index in [2.05, 4.69) is 0 Å². The number of alkyl halides is 2. The minimum atomic E-state index is -4.79. The zero-order valence-corrected chi connectivity index (χ0v) is 5.24. The predicted octanol–water partition coefficient (Wildman–Crippen LogP) is 0.301. The van der Waals surface area contributed by atoms with E-state index in [1.165, 1.54) is 0 Å². The quantitative estimate of drug-likeness (QED) is 0.573. The molecular weight excluding hydrogens is 156 g/mol. The first kappa shape index (κ1) is 11.5. The molecule has 0 saturated heterocycles. The van der Waals surface area contributed by atoms with Crippen LogP contribution in [0.5, 0.6) is 0 Å². The maximum absolute atomic E-state index is 11.4. The van der Waals surface area contributed by atoms with Crippen LogP contribution in [0.25, 0.3) is 0 Å². The monoisotopic (exact) mass is 163 g/mol. The summed E-state index contributed by atoms with van der Waals surface area (Å²) in [7, 11) is -4.79. The molecule has 0 aliphatic heterocycles. The summed E-state index contributed by atoms with van der Waals surface area (Å²) in [4.78, 5) is 0. The van der Waals surface area contributed by atoms with E-state index in [1.54, 1.807) is 0 Å². The molecule has 0 saturated carbocycles. The van der Waals surface area contributed by atoms with Crippen molar-refractivity contribution in [2.75, 3.05) is 6.67 Å². The van der Waals surface area contributed by atoms with Gasteiger partial charge in [-0.2, -0.15) is 8.42 Å². The van der Waals surface area contributed by atoms with Crippen LogP contribution in [0.1, 0.15) is 0 Å². The molecule has 0 fully saturated rings. The summed E-state index contributed by atoms with van der Waals surface area (Å²) < 4.78 is 49.0. The van der Waals surface area contributed by atoms with Crippen molar-refractivity contribution in [3.8, 4) is 0 Å². The molecule has 0 heterocycles. The minimum absolute atomic E-state index is 0. The van der Waals surface area contributed by atoms with Crippen molar-refractivity contribution in [3.05, 3.63) is 0 Å². The van der Waals surface area contributed by atoms with Gasteiger partial charge in [0.1, 0.15) is 6.67 Å². The first-order valence-electron chi connectivity index (χ1n) is 1.65. The molecule has 7 heteroatoms. The molecule has 0 amide bonds. The molecule has 0 radical (unpaired) electrons. The molecule has 0 aromatic heterocycles. The van der Waals surface area contributed by atoms with Crippen molar-refractivity contribution >= 4 is 10.1 Å². The Bertz CT molecular complexity index is 155. The van der Waals surface area contributed by atoms with Crippen LogP contribution < -0.4 is 6.15 Å². The van der Waals surface area contributed by atoms with E-state index in [0.717, 1.165) is 0 Å². The number of hydrogen-bond acceptors (Lipinski definition) is 3. The summed E-state index contributed by atoms with van der Waals surface area (Å²) >= 11 is 0. The lowest BCUT2D eigenvalue weighted by Gasteiger charge is -1.94. The lowest BCUT2D eigenvalue weighted by atomic mass is 10.9. The zero-order chi connectivity index (χ0) is 6.78. The number of halogens is 2. The van der Waals surface area contributed by atoms with Crippen molar-refractivity contribution in [1.29, 1.82) is 0 Å². The molecule has 0 aliphatic rings. The molecule has 4 nitrogen and oxygen atoms in total. The summed E-state index contributed by atoms with van der Waals surface area (Å²) in [5.74, 6) is 0. The maximum atomic E-state index is 11.4. The normalized spacial score (nSPS) is 14.1. The zero-order valence-electron chi connectivity index (χ0n) is 4.42. The van der Waals surface area contributed by atoms with Crippen molar-refractivity contribution < 1.29 is 21.8 Å². The molecule has 0 aromatic carbocycles. The molecule has 1 unspecified atom stereocenters. The van der Waals surface area contributed by atoms with Gasteiger partial charge in [0, 0.05) is 0 Å². The molecule has 0 aromatic rings. The van der Waals surface area contributed by atoms with Crippen LogP contribution in [0.4, 0.5) is 8.78 Å². The Balaban J connectivity index is 0. The van der Waals surface area contributed by atoms with E-state index in [4.69, 9.17) is 4.55 Å². The molecule has 9 heavy (non-hydrogen) atoms. The van der Waals surface area contributed by atoms with Gasteiger partial charge in [0.25, 0.3) is 15.6 Å². The summed E-state index contributed by atoms with van der Waals surface area (Å²) in [5, 5.41) is 0. The SMILES string of the molecule is N.O=S(=O)(O)C(F)CF. The van der Waals surface area contributed by atoms with Gasteiger partial charge in [0.15, 0.2) is 0 Å². The highest BCUT2D eigenvalue weighted by Crippen LogP contribution is 1.99. The van der Waals surface area contributed by atoms with Gasteiger partial charge in [-0.1, -0.05) is 0 Å². The van der Waals surface area contributed by atoms with E-state index in [1.807, 2.05) is 0 Å². The third-order valence-electron chi connectivity index (χ3n) is 0.445. The smallest absolute Gasteiger partial charge is 0.300 e. The maximum Gasteiger partial charge on any atom is 0.300 e. The van der Waals surface area contributed by atoms with Crippen molar-refractivity contribution in [1.82, 2.24) is 6.15 Å². The fourth-order valence-electron chi connectivity index (χ4n) is 0.0796. The topological polar surface area (TPSA) is 89.4 Å². The average molecular weight is 163 g/mol. The third kappa shape index (κ3) is 4.25. The lowest BCUT2D eigenvalue weighted by molar-refractivity contribution is 0.309. The van der Waals surface area contributed by atoms with Gasteiger partial charge in [-0.15, -0.1) is 0 Å². The van der Waals surface area contributed by atoms with Gasteiger partial charge in [-0.3, -0.25) is 4.55 Å². The van der Waals surface area contributed by atoms with Crippen LogP contribution in [-0.2, 0) is 10.1 Å². The van der Waals surface area contributed by atoms with Crippen molar-refractivity contribution in [2.24, 2.45) is 0 Å². The molecule has 0 bridgehead atoms. The molecule has 0 spiro atoms. The average Bonchev–Trinajstić information content (AvgIpc) is 1.62. The Kier molecular flexibility index (Phi) is 4.73. The second-order valence-electron chi connectivity index (χ2n) is 1.08. The van der Waals surface area contributed by atoms with Crippen LogP contribution >= 0.6 is 0 Å². The summed E-state index contributed by atoms with van der Waals surface area (Å²) in [6, 6.07) is 0. The van der Waals surface area contributed by atoms with Crippen LogP contribution in [0.2, 0.25) is 0 Å². The first-order chi connectivity index (χ1) is 3.48. The Labute approximate surface area is 51.2 Å². The van der Waals surface area contributed by atoms with Crippen LogP contribution in [0.3, 0.4) is 0 Å². The van der Waals surface area contributed by atoms with Crippen molar-refractivity contribution in [3.63, 3.8) is 0 Å². The van der Waals surface area contributed by atoms with Crippen molar-refractivity contribution in [2.45, 2.75) is 5.50 Å². The molecular formula is C2H7F2NO3S. The van der Waals surface area contributed by atoms with Crippen LogP contribution in [-0.4, -0.2) is 25.1 Å². The minimum Gasteiger partial charge on any atom is -0.344 e. The first-order valence-corrected chi connectivity index (χ1v) is 3.15. The summed E-state index contributed by atoms with van der Waals surface area (Å²) in [6.07, 6.45) is 0. The van der Waals surface area contributed by atoms with Gasteiger partial charge < -0.3 is 6.15 Å². The van der Waals surface area contributed by atoms with E-state index in [-0.39, 0.29) is 6.15 Å². The highest BCUT2D eigenvalue weighted by atomic mass is 32.2. The third-order valence-corrected chi connectivity index (χ3v) is 1.22. The molecule has 4 N–H and O–H groups in total. The van der Waals surface area contributed by atoms with Gasteiger partial charge >= 0.3 is 0 Å². The standard InChI is InChI=1S/C2H4F2O3S.H3N/c3-1-2(4)8(5,6)7;/h2H,1H2,(H,5,6,7);1H3. The highest BCUT2D eigenvalue weighted by Gasteiger charge is 2.20. The van der Waals surface area contributed by atoms with E-state index < -0.39 is 22.3 Å². The number of rotatable bonds is 2. The molecule has 0 rings (SSSR count). The molecule has 1 atom stereocenters. The van der Waals surface area contributed by atoms with Gasteiger partial charge in [0.05, 0.1) is 0 Å².